The lowest BCUT2D eigenvalue weighted by molar-refractivity contribution is -0.144. The number of amides is 1. The molecule has 0 bridgehead atoms. The van der Waals surface area contributed by atoms with Gasteiger partial charge in [-0.1, -0.05) is 12.1 Å². The van der Waals surface area contributed by atoms with Crippen molar-refractivity contribution in [2.75, 3.05) is 32.9 Å². The zero-order chi connectivity index (χ0) is 20.6. The second-order valence-electron chi connectivity index (χ2n) is 6.55. The van der Waals surface area contributed by atoms with Crippen molar-refractivity contribution in [2.45, 2.75) is 19.8 Å². The number of aromatic amines is 1. The first kappa shape index (κ1) is 20.4. The van der Waals surface area contributed by atoms with E-state index >= 15 is 0 Å². The number of Topliss-reactive ketones (excluding diaryl/α,β-unsaturated/α-hetero) is 1. The molecule has 8 heteroatoms. The summed E-state index contributed by atoms with van der Waals surface area (Å²) in [5, 5.41) is 0. The van der Waals surface area contributed by atoms with Crippen molar-refractivity contribution in [3.05, 3.63) is 47.8 Å². The summed E-state index contributed by atoms with van der Waals surface area (Å²) < 4.78 is 15.8. The monoisotopic (exact) mass is 400 g/mol. The number of H-pyrrole nitrogens is 1. The maximum Gasteiger partial charge on any atom is 0.344 e. The van der Waals surface area contributed by atoms with Crippen LogP contribution in [0.1, 0.15) is 40.6 Å². The van der Waals surface area contributed by atoms with E-state index in [1.54, 1.807) is 29.2 Å². The fourth-order valence-corrected chi connectivity index (χ4v) is 3.02. The first-order chi connectivity index (χ1) is 14.1. The van der Waals surface area contributed by atoms with E-state index in [1.165, 1.54) is 12.3 Å². The van der Waals surface area contributed by atoms with Gasteiger partial charge in [0.1, 0.15) is 5.69 Å². The lowest BCUT2D eigenvalue weighted by atomic mass is 10.2. The summed E-state index contributed by atoms with van der Waals surface area (Å²) in [6, 6.07) is 8.47. The van der Waals surface area contributed by atoms with Gasteiger partial charge in [-0.25, -0.2) is 4.79 Å². The van der Waals surface area contributed by atoms with Gasteiger partial charge in [-0.05, 0) is 38.0 Å². The number of ether oxygens (including phenoxy) is 3. The van der Waals surface area contributed by atoms with Crippen molar-refractivity contribution >= 4 is 17.7 Å². The smallest absolute Gasteiger partial charge is 0.344 e. The van der Waals surface area contributed by atoms with Crippen molar-refractivity contribution < 1.29 is 28.6 Å². The minimum Gasteiger partial charge on any atom is -0.490 e. The number of esters is 1. The highest BCUT2D eigenvalue weighted by Crippen LogP contribution is 2.26. The lowest BCUT2D eigenvalue weighted by Gasteiger charge is -2.13. The Bertz CT molecular complexity index is 870. The third-order valence-electron chi connectivity index (χ3n) is 4.49. The molecule has 1 amide bonds. The third kappa shape index (κ3) is 5.37. The highest BCUT2D eigenvalue weighted by atomic mass is 16.6. The van der Waals surface area contributed by atoms with Gasteiger partial charge in [0, 0.05) is 24.8 Å². The molecular weight excluding hydrogens is 376 g/mol. The van der Waals surface area contributed by atoms with Crippen LogP contribution in [0.5, 0.6) is 11.5 Å². The summed E-state index contributed by atoms with van der Waals surface area (Å²) in [5.41, 5.74) is 0.653. The number of benzene rings is 1. The van der Waals surface area contributed by atoms with Crippen molar-refractivity contribution in [3.63, 3.8) is 0 Å². The molecule has 1 fully saturated rings. The molecule has 8 nitrogen and oxygen atoms in total. The molecule has 1 aromatic carbocycles. The summed E-state index contributed by atoms with van der Waals surface area (Å²) in [4.78, 5) is 41.0. The number of ketones is 1. The SMILES string of the molecule is CCOc1ccccc1OCC(=O)OCC(=O)c1c[nH]c(C(=O)N2CCCC2)c1. The van der Waals surface area contributed by atoms with Crippen LogP contribution in [0.3, 0.4) is 0 Å². The fraction of sp³-hybridized carbons (Fsp3) is 0.381. The van der Waals surface area contributed by atoms with Gasteiger partial charge in [0.05, 0.1) is 6.61 Å². The van der Waals surface area contributed by atoms with Crippen molar-refractivity contribution in [2.24, 2.45) is 0 Å². The van der Waals surface area contributed by atoms with Gasteiger partial charge in [0.2, 0.25) is 5.78 Å². The van der Waals surface area contributed by atoms with E-state index in [0.717, 1.165) is 25.9 Å². The topological polar surface area (TPSA) is 97.9 Å². The number of likely N-dealkylation sites (tertiary alicyclic amines) is 1. The molecule has 2 heterocycles. The number of carbonyl (C=O) groups excluding carboxylic acids is 3. The van der Waals surface area contributed by atoms with E-state index < -0.39 is 18.4 Å². The molecule has 1 aliphatic rings. The number of para-hydroxylation sites is 2. The molecule has 154 valence electrons. The first-order valence-corrected chi connectivity index (χ1v) is 9.59. The van der Waals surface area contributed by atoms with E-state index in [-0.39, 0.29) is 12.5 Å². The number of rotatable bonds is 9. The van der Waals surface area contributed by atoms with Gasteiger partial charge in [-0.3, -0.25) is 9.59 Å². The van der Waals surface area contributed by atoms with Crippen LogP contribution in [-0.2, 0) is 9.53 Å². The molecular formula is C21H24N2O6. The van der Waals surface area contributed by atoms with Crippen molar-refractivity contribution in [3.8, 4) is 11.5 Å². The van der Waals surface area contributed by atoms with E-state index in [0.29, 0.717) is 29.4 Å². The van der Waals surface area contributed by atoms with Crippen molar-refractivity contribution in [1.29, 1.82) is 0 Å². The minimum absolute atomic E-state index is 0.125. The van der Waals surface area contributed by atoms with Gasteiger partial charge < -0.3 is 24.1 Å². The molecule has 0 aliphatic carbocycles. The van der Waals surface area contributed by atoms with Crippen LogP contribution < -0.4 is 9.47 Å². The highest BCUT2D eigenvalue weighted by Gasteiger charge is 2.22. The maximum atomic E-state index is 12.3. The first-order valence-electron chi connectivity index (χ1n) is 9.59. The molecule has 0 radical (unpaired) electrons. The van der Waals surface area contributed by atoms with E-state index in [2.05, 4.69) is 4.98 Å². The average Bonchev–Trinajstić information content (AvgIpc) is 3.43. The Hall–Kier alpha value is -3.29. The number of carbonyl (C=O) groups is 3. The maximum absolute atomic E-state index is 12.3. The Kier molecular flexibility index (Phi) is 6.89. The fourth-order valence-electron chi connectivity index (χ4n) is 3.02. The second kappa shape index (κ2) is 9.77. The average molecular weight is 400 g/mol. The van der Waals surface area contributed by atoms with E-state index in [1.807, 2.05) is 6.92 Å². The zero-order valence-corrected chi connectivity index (χ0v) is 16.3. The predicted molar refractivity (Wildman–Crippen MR) is 104 cm³/mol. The number of nitrogens with one attached hydrogen (secondary N) is 1. The molecule has 0 atom stereocenters. The van der Waals surface area contributed by atoms with Crippen molar-refractivity contribution in [1.82, 2.24) is 9.88 Å². The molecule has 2 aromatic rings. The molecule has 29 heavy (non-hydrogen) atoms. The van der Waals surface area contributed by atoms with Crippen LogP contribution >= 0.6 is 0 Å². The van der Waals surface area contributed by atoms with Crippen LogP contribution in [0.25, 0.3) is 0 Å². The van der Waals surface area contributed by atoms with E-state index in [9.17, 15) is 14.4 Å². The molecule has 3 rings (SSSR count). The van der Waals surface area contributed by atoms with Crippen LogP contribution in [-0.4, -0.2) is 60.5 Å². The molecule has 1 N–H and O–H groups in total. The predicted octanol–water partition coefficient (Wildman–Crippen LogP) is 2.45. The Labute approximate surface area is 168 Å². The van der Waals surface area contributed by atoms with Crippen LogP contribution in [0.2, 0.25) is 0 Å². The van der Waals surface area contributed by atoms with E-state index in [4.69, 9.17) is 14.2 Å². The molecule has 0 saturated carbocycles. The normalized spacial score (nSPS) is 13.2. The third-order valence-corrected chi connectivity index (χ3v) is 4.49. The summed E-state index contributed by atoms with van der Waals surface area (Å²) in [6.07, 6.45) is 3.44. The number of aromatic nitrogens is 1. The summed E-state index contributed by atoms with van der Waals surface area (Å²) in [6.45, 7) is 3.00. The number of nitrogens with zero attached hydrogens (tertiary/aromatic N) is 1. The minimum atomic E-state index is -0.673. The quantitative estimate of drug-likeness (QED) is 0.513. The molecule has 1 aromatic heterocycles. The van der Waals surface area contributed by atoms with Gasteiger partial charge in [-0.15, -0.1) is 0 Å². The van der Waals surface area contributed by atoms with Crippen LogP contribution in [0, 0.1) is 0 Å². The van der Waals surface area contributed by atoms with Gasteiger partial charge in [0.15, 0.2) is 24.7 Å². The van der Waals surface area contributed by atoms with Crippen LogP contribution in [0.15, 0.2) is 36.5 Å². The second-order valence-corrected chi connectivity index (χ2v) is 6.55. The molecule has 1 saturated heterocycles. The largest absolute Gasteiger partial charge is 0.490 e. The van der Waals surface area contributed by atoms with Gasteiger partial charge >= 0.3 is 5.97 Å². The van der Waals surface area contributed by atoms with Gasteiger partial charge in [-0.2, -0.15) is 0 Å². The molecule has 0 spiro atoms. The zero-order valence-electron chi connectivity index (χ0n) is 16.3. The summed E-state index contributed by atoms with van der Waals surface area (Å²) in [7, 11) is 0. The Morgan fingerprint density at radius 3 is 2.41 bits per heavy atom. The lowest BCUT2D eigenvalue weighted by Crippen LogP contribution is -2.27. The summed E-state index contributed by atoms with van der Waals surface area (Å²) in [5.74, 6) is -0.243. The van der Waals surface area contributed by atoms with Gasteiger partial charge in [0.25, 0.3) is 5.91 Å². The summed E-state index contributed by atoms with van der Waals surface area (Å²) >= 11 is 0. The highest BCUT2D eigenvalue weighted by molar-refractivity contribution is 6.01. The number of hydrogen-bond acceptors (Lipinski definition) is 6. The molecule has 1 aliphatic heterocycles. The van der Waals surface area contributed by atoms with Crippen LogP contribution in [0.4, 0.5) is 0 Å². The number of hydrogen-bond donors (Lipinski definition) is 1. The standard InChI is InChI=1S/C21H24N2O6/c1-2-27-18-7-3-4-8-19(18)28-14-20(25)29-13-17(24)15-11-16(22-12-15)21(26)23-9-5-6-10-23/h3-4,7-8,11-12,22H,2,5-6,9-10,13-14H2,1H3. The Morgan fingerprint density at radius 2 is 1.72 bits per heavy atom. The Morgan fingerprint density at radius 1 is 1.03 bits per heavy atom. The molecule has 0 unspecified atom stereocenters. The Balaban J connectivity index is 1.47.